The first-order valence-electron chi connectivity index (χ1n) is 12.3. The van der Waals surface area contributed by atoms with Gasteiger partial charge in [0.1, 0.15) is 20.4 Å². The van der Waals surface area contributed by atoms with E-state index in [2.05, 4.69) is 16.0 Å². The topological polar surface area (TPSA) is 93.0 Å². The fourth-order valence-electron chi connectivity index (χ4n) is 4.38. The molecule has 5 aromatic rings. The third-order valence-electron chi connectivity index (χ3n) is 6.54. The lowest BCUT2D eigenvalue weighted by Gasteiger charge is -2.14. The van der Waals surface area contributed by atoms with Crippen molar-refractivity contribution in [3.63, 3.8) is 0 Å². The lowest BCUT2D eigenvalue weighted by atomic mass is 9.95. The van der Waals surface area contributed by atoms with Gasteiger partial charge in [0.15, 0.2) is 0 Å². The number of fused-ring (bicyclic) bond motifs is 1. The lowest BCUT2D eigenvalue weighted by molar-refractivity contribution is 0.0783. The van der Waals surface area contributed by atoms with Crippen molar-refractivity contribution in [1.29, 1.82) is 0 Å². The summed E-state index contributed by atoms with van der Waals surface area (Å²) in [6.45, 7) is 5.22. The second-order valence-corrected chi connectivity index (χ2v) is 13.6. The van der Waals surface area contributed by atoms with E-state index in [9.17, 15) is 13.5 Å². The molecule has 0 spiro atoms. The van der Waals surface area contributed by atoms with Crippen LogP contribution in [-0.4, -0.2) is 40.0 Å². The first kappa shape index (κ1) is 26.2. The number of pyridine rings is 2. The normalized spacial score (nSPS) is 13.1. The highest BCUT2D eigenvalue weighted by atomic mass is 32.2. The first-order valence-corrected chi connectivity index (χ1v) is 15.1. The minimum Gasteiger partial charge on any atom is -0.383 e. The maximum absolute atomic E-state index is 12.1. The Morgan fingerprint density at radius 2 is 1.71 bits per heavy atom. The molecule has 1 unspecified atom stereocenters. The Bertz CT molecular complexity index is 1720. The number of hydrogen-bond acceptors (Lipinski definition) is 7. The van der Waals surface area contributed by atoms with Crippen LogP contribution in [0.15, 0.2) is 79.3 Å². The zero-order valence-corrected chi connectivity index (χ0v) is 23.3. The van der Waals surface area contributed by atoms with Crippen molar-refractivity contribution in [3.8, 4) is 32.8 Å². The van der Waals surface area contributed by atoms with E-state index in [-0.39, 0.29) is 0 Å². The van der Waals surface area contributed by atoms with Crippen LogP contribution in [-0.2, 0) is 21.9 Å². The molecule has 0 aliphatic rings. The Morgan fingerprint density at radius 1 is 0.974 bits per heavy atom. The molecule has 1 N–H and O–H groups in total. The summed E-state index contributed by atoms with van der Waals surface area (Å²) in [6, 6.07) is 20.0. The summed E-state index contributed by atoms with van der Waals surface area (Å²) >= 11 is 1.46. The molecule has 6 nitrogen and oxygen atoms in total. The standard InChI is InChI=1S/C30H29N3O3S2/c1-19(38(4,35)36)14-20-15-22-10-7-13-32-26(22)25(16-20)21-8-5-9-23(17-21)28-27(24-11-6-12-31-18-24)33-29(37-28)30(2,3)34/h5-13,15-19,34H,14H2,1-4H3. The molecule has 0 saturated carbocycles. The molecule has 3 aromatic heterocycles. The van der Waals surface area contributed by atoms with Gasteiger partial charge in [-0.1, -0.05) is 24.3 Å². The molecule has 0 radical (unpaired) electrons. The van der Waals surface area contributed by atoms with Gasteiger partial charge in [-0.15, -0.1) is 11.3 Å². The number of aliphatic hydroxyl groups is 1. The molecule has 0 fully saturated rings. The highest BCUT2D eigenvalue weighted by Crippen LogP contribution is 2.41. The summed E-state index contributed by atoms with van der Waals surface area (Å²) in [4.78, 5) is 14.7. The summed E-state index contributed by atoms with van der Waals surface area (Å²) in [7, 11) is -3.16. The Hall–Kier alpha value is -3.46. The van der Waals surface area contributed by atoms with Crippen LogP contribution in [0.1, 0.15) is 31.3 Å². The third-order valence-corrected chi connectivity index (χ3v) is 9.59. The molecule has 0 aliphatic heterocycles. The zero-order chi connectivity index (χ0) is 27.1. The molecular formula is C30H29N3O3S2. The quantitative estimate of drug-likeness (QED) is 0.259. The monoisotopic (exact) mass is 543 g/mol. The average molecular weight is 544 g/mol. The summed E-state index contributed by atoms with van der Waals surface area (Å²) in [6.07, 6.45) is 6.98. The largest absolute Gasteiger partial charge is 0.383 e. The molecule has 2 aromatic carbocycles. The van der Waals surface area contributed by atoms with E-state index in [0.717, 1.165) is 49.3 Å². The molecule has 38 heavy (non-hydrogen) atoms. The summed E-state index contributed by atoms with van der Waals surface area (Å²) in [5.74, 6) is 0. The first-order chi connectivity index (χ1) is 18.0. The van der Waals surface area contributed by atoms with Gasteiger partial charge < -0.3 is 5.11 Å². The van der Waals surface area contributed by atoms with Crippen molar-refractivity contribution in [2.75, 3.05) is 6.26 Å². The number of benzene rings is 2. The Labute approximate surface area is 227 Å². The van der Waals surface area contributed by atoms with Crippen molar-refractivity contribution in [2.24, 2.45) is 0 Å². The van der Waals surface area contributed by atoms with Crippen LogP contribution in [0, 0.1) is 0 Å². The molecule has 3 heterocycles. The van der Waals surface area contributed by atoms with Gasteiger partial charge in [-0.2, -0.15) is 0 Å². The third kappa shape index (κ3) is 5.38. The Morgan fingerprint density at radius 3 is 2.42 bits per heavy atom. The van der Waals surface area contributed by atoms with Gasteiger partial charge in [0, 0.05) is 41.4 Å². The SMILES string of the molecule is CC(Cc1cc(-c2cccc(-c3sc(C(C)(C)O)nc3-c3cccnc3)c2)c2ncccc2c1)S(C)(=O)=O. The van der Waals surface area contributed by atoms with Crippen molar-refractivity contribution in [1.82, 2.24) is 15.0 Å². The van der Waals surface area contributed by atoms with E-state index in [1.54, 1.807) is 39.4 Å². The molecule has 5 rings (SSSR count). The minimum atomic E-state index is -3.16. The molecule has 0 aliphatic carbocycles. The maximum Gasteiger partial charge on any atom is 0.150 e. The number of aromatic nitrogens is 3. The summed E-state index contributed by atoms with van der Waals surface area (Å²) < 4.78 is 24.3. The molecule has 0 bridgehead atoms. The molecule has 1 atom stereocenters. The van der Waals surface area contributed by atoms with Crippen molar-refractivity contribution >= 4 is 32.1 Å². The zero-order valence-electron chi connectivity index (χ0n) is 21.7. The molecule has 8 heteroatoms. The second kappa shape index (κ2) is 10.0. The van der Waals surface area contributed by atoms with Gasteiger partial charge in [0.25, 0.3) is 0 Å². The molecule has 0 amide bonds. The Kier molecular flexibility index (Phi) is 6.90. The predicted octanol–water partition coefficient (Wildman–Crippen LogP) is 6.29. The van der Waals surface area contributed by atoms with Gasteiger partial charge >= 0.3 is 0 Å². The second-order valence-electron chi connectivity index (χ2n) is 10.1. The van der Waals surface area contributed by atoms with Crippen LogP contribution >= 0.6 is 11.3 Å². The van der Waals surface area contributed by atoms with E-state index in [1.165, 1.54) is 17.6 Å². The van der Waals surface area contributed by atoms with Crippen LogP contribution in [0.2, 0.25) is 0 Å². The smallest absolute Gasteiger partial charge is 0.150 e. The van der Waals surface area contributed by atoms with Gasteiger partial charge in [-0.3, -0.25) is 9.97 Å². The fourth-order valence-corrected chi connectivity index (χ4v) is 5.96. The molecule has 194 valence electrons. The number of hydrogen-bond donors (Lipinski definition) is 1. The van der Waals surface area contributed by atoms with E-state index in [4.69, 9.17) is 4.98 Å². The predicted molar refractivity (Wildman–Crippen MR) is 155 cm³/mol. The molecule has 0 saturated heterocycles. The van der Waals surface area contributed by atoms with Crippen LogP contribution in [0.4, 0.5) is 0 Å². The average Bonchev–Trinajstić information content (AvgIpc) is 3.35. The highest BCUT2D eigenvalue weighted by Gasteiger charge is 2.25. The number of sulfone groups is 1. The van der Waals surface area contributed by atoms with Crippen molar-refractivity contribution in [2.45, 2.75) is 38.0 Å². The van der Waals surface area contributed by atoms with Gasteiger partial charge in [-0.25, -0.2) is 13.4 Å². The Balaban J connectivity index is 1.67. The lowest BCUT2D eigenvalue weighted by Crippen LogP contribution is -2.18. The highest BCUT2D eigenvalue weighted by molar-refractivity contribution is 7.91. The number of nitrogens with zero attached hydrogens (tertiary/aromatic N) is 3. The van der Waals surface area contributed by atoms with E-state index in [0.29, 0.717) is 11.4 Å². The van der Waals surface area contributed by atoms with Crippen LogP contribution in [0.3, 0.4) is 0 Å². The van der Waals surface area contributed by atoms with Crippen molar-refractivity contribution in [3.05, 3.63) is 89.8 Å². The van der Waals surface area contributed by atoms with E-state index in [1.807, 2.05) is 54.6 Å². The van der Waals surface area contributed by atoms with Gasteiger partial charge in [0.05, 0.1) is 21.3 Å². The maximum atomic E-state index is 12.1. The van der Waals surface area contributed by atoms with Crippen LogP contribution < -0.4 is 0 Å². The van der Waals surface area contributed by atoms with E-state index < -0.39 is 20.7 Å². The van der Waals surface area contributed by atoms with Crippen LogP contribution in [0.5, 0.6) is 0 Å². The molecular weight excluding hydrogens is 514 g/mol. The van der Waals surface area contributed by atoms with Gasteiger partial charge in [0.2, 0.25) is 0 Å². The van der Waals surface area contributed by atoms with Gasteiger partial charge in [-0.05, 0) is 80.3 Å². The summed E-state index contributed by atoms with van der Waals surface area (Å²) in [5, 5.41) is 11.8. The number of thiazole rings is 1. The van der Waals surface area contributed by atoms with Crippen LogP contribution in [0.25, 0.3) is 43.7 Å². The van der Waals surface area contributed by atoms with E-state index >= 15 is 0 Å². The number of rotatable bonds is 7. The summed E-state index contributed by atoms with van der Waals surface area (Å²) in [5.41, 5.74) is 5.25. The fraction of sp³-hybridized carbons (Fsp3) is 0.233. The minimum absolute atomic E-state index is 0.422. The van der Waals surface area contributed by atoms with Crippen molar-refractivity contribution < 1.29 is 13.5 Å².